The van der Waals surface area contributed by atoms with Crippen LogP contribution in [0.1, 0.15) is 5.56 Å². The summed E-state index contributed by atoms with van der Waals surface area (Å²) in [5.41, 5.74) is 3.87. The SMILES string of the molecule is COc1cc2c(cc1OC)N(C#N)C(=O)Cc1c-2[nH]c2ccccc12. The fraction of sp³-hybridized carbons (Fsp3) is 0.158. The summed E-state index contributed by atoms with van der Waals surface area (Å²) in [6, 6.07) is 11.3. The lowest BCUT2D eigenvalue weighted by Crippen LogP contribution is -2.26. The number of H-pyrrole nitrogens is 1. The van der Waals surface area contributed by atoms with Crippen molar-refractivity contribution in [2.45, 2.75) is 6.42 Å². The molecule has 0 saturated heterocycles. The molecule has 0 fully saturated rings. The Labute approximate surface area is 144 Å². The summed E-state index contributed by atoms with van der Waals surface area (Å²) in [7, 11) is 3.08. The van der Waals surface area contributed by atoms with Crippen LogP contribution < -0.4 is 14.4 Å². The molecule has 2 aromatic carbocycles. The molecule has 1 aliphatic rings. The summed E-state index contributed by atoms with van der Waals surface area (Å²) in [5.74, 6) is 0.728. The van der Waals surface area contributed by atoms with Crippen LogP contribution in [0.25, 0.3) is 22.2 Å². The molecule has 0 spiro atoms. The minimum Gasteiger partial charge on any atom is -0.493 e. The van der Waals surface area contributed by atoms with Gasteiger partial charge in [0.05, 0.1) is 32.0 Å². The fourth-order valence-electron chi connectivity index (χ4n) is 3.34. The predicted molar refractivity (Wildman–Crippen MR) is 93.6 cm³/mol. The highest BCUT2D eigenvalue weighted by Crippen LogP contribution is 2.44. The Morgan fingerprint density at radius 2 is 1.88 bits per heavy atom. The number of hydrogen-bond donors (Lipinski definition) is 1. The zero-order valence-electron chi connectivity index (χ0n) is 13.8. The first-order chi connectivity index (χ1) is 12.2. The smallest absolute Gasteiger partial charge is 0.244 e. The molecule has 2 heterocycles. The van der Waals surface area contributed by atoms with Crippen LogP contribution in [-0.4, -0.2) is 25.1 Å². The number of para-hydroxylation sites is 1. The Kier molecular flexibility index (Phi) is 3.36. The molecule has 0 aliphatic carbocycles. The lowest BCUT2D eigenvalue weighted by molar-refractivity contribution is -0.117. The van der Waals surface area contributed by atoms with E-state index in [4.69, 9.17) is 9.47 Å². The Hall–Kier alpha value is -3.46. The molecule has 6 nitrogen and oxygen atoms in total. The average Bonchev–Trinajstić information content (AvgIpc) is 2.95. The monoisotopic (exact) mass is 333 g/mol. The van der Waals surface area contributed by atoms with Gasteiger partial charge < -0.3 is 14.5 Å². The molecule has 25 heavy (non-hydrogen) atoms. The third kappa shape index (κ3) is 2.13. The van der Waals surface area contributed by atoms with E-state index < -0.39 is 0 Å². The van der Waals surface area contributed by atoms with Crippen molar-refractivity contribution in [3.05, 3.63) is 42.0 Å². The van der Waals surface area contributed by atoms with Gasteiger partial charge in [-0.15, -0.1) is 0 Å². The molecule has 1 amide bonds. The average molecular weight is 333 g/mol. The minimum absolute atomic E-state index is 0.145. The Bertz CT molecular complexity index is 1050. The van der Waals surface area contributed by atoms with Crippen LogP contribution >= 0.6 is 0 Å². The van der Waals surface area contributed by atoms with Crippen LogP contribution in [0, 0.1) is 11.5 Å². The number of carbonyl (C=O) groups excluding carboxylic acids is 1. The first-order valence-corrected chi connectivity index (χ1v) is 7.76. The topological polar surface area (TPSA) is 78.3 Å². The molecule has 1 N–H and O–H groups in total. The Morgan fingerprint density at radius 1 is 1.16 bits per heavy atom. The Balaban J connectivity index is 2.10. The fourth-order valence-corrected chi connectivity index (χ4v) is 3.34. The number of nitrogens with zero attached hydrogens (tertiary/aromatic N) is 2. The third-order valence-corrected chi connectivity index (χ3v) is 4.50. The molecule has 0 saturated carbocycles. The second kappa shape index (κ2) is 5.56. The number of hydrogen-bond acceptors (Lipinski definition) is 4. The number of nitrogens with one attached hydrogen (secondary N) is 1. The van der Waals surface area contributed by atoms with Gasteiger partial charge in [0.1, 0.15) is 0 Å². The van der Waals surface area contributed by atoms with Gasteiger partial charge in [0.25, 0.3) is 0 Å². The van der Waals surface area contributed by atoms with Crippen LogP contribution in [0.3, 0.4) is 0 Å². The number of nitriles is 1. The minimum atomic E-state index is -0.278. The number of benzene rings is 2. The second-order valence-corrected chi connectivity index (χ2v) is 5.75. The van der Waals surface area contributed by atoms with Crippen LogP contribution in [-0.2, 0) is 11.2 Å². The summed E-state index contributed by atoms with van der Waals surface area (Å²) >= 11 is 0. The molecule has 0 radical (unpaired) electrons. The van der Waals surface area contributed by atoms with Crippen molar-refractivity contribution >= 4 is 22.5 Å². The zero-order valence-corrected chi connectivity index (χ0v) is 13.8. The summed E-state index contributed by atoms with van der Waals surface area (Å²) in [5, 5.41) is 10.5. The quantitative estimate of drug-likeness (QED) is 0.730. The number of carbonyl (C=O) groups is 1. The van der Waals surface area contributed by atoms with Gasteiger partial charge in [-0.3, -0.25) is 4.79 Å². The molecule has 6 heteroatoms. The standard InChI is InChI=1S/C19H15N3O3/c1-24-16-7-13-15(9-17(16)25-2)22(10-20)18(23)8-12-11-5-3-4-6-14(11)21-19(12)13/h3-7,9,21H,8H2,1-2H3. The molecule has 4 rings (SSSR count). The van der Waals surface area contributed by atoms with Crippen molar-refractivity contribution in [1.82, 2.24) is 4.98 Å². The first-order valence-electron chi connectivity index (χ1n) is 7.76. The van der Waals surface area contributed by atoms with Crippen molar-refractivity contribution in [2.75, 3.05) is 19.1 Å². The normalized spacial score (nSPS) is 13.0. The van der Waals surface area contributed by atoms with E-state index in [1.165, 1.54) is 7.11 Å². The van der Waals surface area contributed by atoms with Gasteiger partial charge in [0.15, 0.2) is 17.7 Å². The number of ether oxygens (including phenoxy) is 2. The van der Waals surface area contributed by atoms with Gasteiger partial charge in [0, 0.05) is 22.5 Å². The van der Waals surface area contributed by atoms with Crippen molar-refractivity contribution in [3.8, 4) is 28.9 Å². The van der Waals surface area contributed by atoms with Crippen LogP contribution in [0.5, 0.6) is 11.5 Å². The van der Waals surface area contributed by atoms with E-state index in [1.54, 1.807) is 19.2 Å². The molecule has 1 aromatic heterocycles. The summed E-state index contributed by atoms with van der Waals surface area (Å²) in [6.45, 7) is 0. The first kappa shape index (κ1) is 15.1. The number of anilines is 1. The zero-order chi connectivity index (χ0) is 17.6. The number of aromatic amines is 1. The van der Waals surface area contributed by atoms with E-state index in [-0.39, 0.29) is 12.3 Å². The number of fused-ring (bicyclic) bond motifs is 5. The molecule has 0 atom stereocenters. The molecule has 0 bridgehead atoms. The summed E-state index contributed by atoms with van der Waals surface area (Å²) in [4.78, 5) is 17.2. The van der Waals surface area contributed by atoms with Gasteiger partial charge in [-0.05, 0) is 17.7 Å². The third-order valence-electron chi connectivity index (χ3n) is 4.50. The molecule has 124 valence electrons. The van der Waals surface area contributed by atoms with Crippen LogP contribution in [0.4, 0.5) is 5.69 Å². The molecule has 1 aliphatic heterocycles. The van der Waals surface area contributed by atoms with Gasteiger partial charge in [0.2, 0.25) is 5.91 Å². The van der Waals surface area contributed by atoms with Gasteiger partial charge >= 0.3 is 0 Å². The molecule has 0 unspecified atom stereocenters. The van der Waals surface area contributed by atoms with Crippen LogP contribution in [0.2, 0.25) is 0 Å². The highest BCUT2D eigenvalue weighted by atomic mass is 16.5. The van der Waals surface area contributed by atoms with Gasteiger partial charge in [-0.25, -0.2) is 4.90 Å². The summed E-state index contributed by atoms with van der Waals surface area (Å²) < 4.78 is 10.7. The van der Waals surface area contributed by atoms with Gasteiger partial charge in [-0.2, -0.15) is 5.26 Å². The number of amides is 1. The predicted octanol–water partition coefficient (Wildman–Crippen LogP) is 3.22. The lowest BCUT2D eigenvalue weighted by atomic mass is 10.0. The summed E-state index contributed by atoms with van der Waals surface area (Å²) in [6.07, 6.45) is 2.13. The van der Waals surface area contributed by atoms with E-state index in [0.717, 1.165) is 32.6 Å². The highest BCUT2D eigenvalue weighted by Gasteiger charge is 2.30. The van der Waals surface area contributed by atoms with Crippen LogP contribution in [0.15, 0.2) is 36.4 Å². The van der Waals surface area contributed by atoms with E-state index >= 15 is 0 Å². The maximum atomic E-state index is 12.7. The Morgan fingerprint density at radius 3 is 2.60 bits per heavy atom. The van der Waals surface area contributed by atoms with E-state index in [1.807, 2.05) is 30.5 Å². The van der Waals surface area contributed by atoms with Crippen molar-refractivity contribution in [1.29, 1.82) is 5.26 Å². The number of aromatic nitrogens is 1. The molecular formula is C19H15N3O3. The van der Waals surface area contributed by atoms with E-state index in [9.17, 15) is 10.1 Å². The lowest BCUT2D eigenvalue weighted by Gasteiger charge is -2.17. The maximum absolute atomic E-state index is 12.7. The molecular weight excluding hydrogens is 318 g/mol. The second-order valence-electron chi connectivity index (χ2n) is 5.75. The maximum Gasteiger partial charge on any atom is 0.244 e. The van der Waals surface area contributed by atoms with E-state index in [0.29, 0.717) is 17.2 Å². The van der Waals surface area contributed by atoms with E-state index in [2.05, 4.69) is 4.98 Å². The number of methoxy groups -OCH3 is 2. The largest absolute Gasteiger partial charge is 0.493 e. The molecule has 3 aromatic rings. The highest BCUT2D eigenvalue weighted by molar-refractivity contribution is 6.08. The van der Waals surface area contributed by atoms with Crippen molar-refractivity contribution in [3.63, 3.8) is 0 Å². The number of rotatable bonds is 2. The van der Waals surface area contributed by atoms with Gasteiger partial charge in [-0.1, -0.05) is 18.2 Å². The van der Waals surface area contributed by atoms with Crippen molar-refractivity contribution in [2.24, 2.45) is 0 Å². The van der Waals surface area contributed by atoms with Crippen molar-refractivity contribution < 1.29 is 14.3 Å².